The average Bonchev–Trinajstić information content (AvgIpc) is 3.31. The van der Waals surface area contributed by atoms with Gasteiger partial charge in [0.25, 0.3) is 11.9 Å². The van der Waals surface area contributed by atoms with Gasteiger partial charge in [-0.05, 0) is 55.0 Å². The normalized spacial score (nSPS) is 18.0. The zero-order valence-corrected chi connectivity index (χ0v) is 23.6. The Bertz CT molecular complexity index is 1490. The van der Waals surface area contributed by atoms with Gasteiger partial charge < -0.3 is 24.2 Å². The summed E-state index contributed by atoms with van der Waals surface area (Å²) in [4.78, 5) is 50.7. The van der Waals surface area contributed by atoms with Crippen molar-refractivity contribution in [3.63, 3.8) is 0 Å². The van der Waals surface area contributed by atoms with Crippen molar-refractivity contribution in [2.75, 3.05) is 49.1 Å². The highest BCUT2D eigenvalue weighted by molar-refractivity contribution is 5.97. The molecule has 0 spiro atoms. The molecular formula is C30H32F3N5O5. The monoisotopic (exact) mass is 599 g/mol. The summed E-state index contributed by atoms with van der Waals surface area (Å²) in [7, 11) is 0. The van der Waals surface area contributed by atoms with E-state index in [0.29, 0.717) is 62.6 Å². The highest BCUT2D eigenvalue weighted by atomic mass is 19.4. The number of hydrogen-bond acceptors (Lipinski definition) is 8. The van der Waals surface area contributed by atoms with E-state index in [2.05, 4.69) is 9.97 Å². The third-order valence-corrected chi connectivity index (χ3v) is 7.70. The van der Waals surface area contributed by atoms with E-state index in [9.17, 15) is 32.7 Å². The van der Waals surface area contributed by atoms with Gasteiger partial charge in [-0.3, -0.25) is 9.59 Å². The number of ketones is 1. The zero-order chi connectivity index (χ0) is 30.7. The van der Waals surface area contributed by atoms with Crippen LogP contribution < -0.4 is 9.80 Å². The minimum atomic E-state index is -4.84. The third kappa shape index (κ3) is 6.98. The Hall–Kier alpha value is -4.42. The van der Waals surface area contributed by atoms with Crippen LogP contribution in [0, 0.1) is 5.92 Å². The molecule has 1 unspecified atom stereocenters. The molecule has 0 aliphatic carbocycles. The number of nitrogens with zero attached hydrogens (tertiary/aromatic N) is 5. The summed E-state index contributed by atoms with van der Waals surface area (Å²) in [5, 5.41) is 9.22. The van der Waals surface area contributed by atoms with E-state index in [1.54, 1.807) is 28.0 Å². The Labute approximate surface area is 246 Å². The van der Waals surface area contributed by atoms with E-state index in [0.717, 1.165) is 12.8 Å². The molecule has 2 fully saturated rings. The molecule has 2 saturated heterocycles. The van der Waals surface area contributed by atoms with Crippen molar-refractivity contribution in [1.82, 2.24) is 14.9 Å². The third-order valence-electron chi connectivity index (χ3n) is 7.70. The van der Waals surface area contributed by atoms with Gasteiger partial charge in [0.2, 0.25) is 11.5 Å². The minimum absolute atomic E-state index is 0.0417. The van der Waals surface area contributed by atoms with Crippen LogP contribution in [-0.2, 0) is 12.6 Å². The average molecular weight is 600 g/mol. The number of Topliss-reactive ketones (excluding diaryl/α,β-unsaturated/α-hetero) is 1. The van der Waals surface area contributed by atoms with Gasteiger partial charge in [0.1, 0.15) is 5.82 Å². The molecule has 3 aromatic rings. The summed E-state index contributed by atoms with van der Waals surface area (Å²) < 4.78 is 46.7. The highest BCUT2D eigenvalue weighted by Crippen LogP contribution is 2.35. The van der Waals surface area contributed by atoms with E-state index < -0.39 is 29.4 Å². The van der Waals surface area contributed by atoms with Crippen LogP contribution in [0.25, 0.3) is 0 Å². The van der Waals surface area contributed by atoms with E-state index in [1.165, 1.54) is 24.4 Å². The lowest BCUT2D eigenvalue weighted by atomic mass is 10.0. The Morgan fingerprint density at radius 3 is 2.47 bits per heavy atom. The van der Waals surface area contributed by atoms with Gasteiger partial charge in [0.15, 0.2) is 5.69 Å². The second-order valence-corrected chi connectivity index (χ2v) is 11.0. The number of piperidine rings is 1. The number of carbonyl (C=O) groups excluding carboxylic acids is 2. The number of aromatic carboxylic acids is 1. The van der Waals surface area contributed by atoms with Gasteiger partial charge in [0, 0.05) is 57.4 Å². The number of carboxylic acids is 1. The Kier molecular flexibility index (Phi) is 8.69. The van der Waals surface area contributed by atoms with Gasteiger partial charge in [-0.25, -0.2) is 9.78 Å². The molecule has 228 valence electrons. The van der Waals surface area contributed by atoms with Crippen LogP contribution in [0.3, 0.4) is 0 Å². The molecule has 1 aromatic carbocycles. The maximum Gasteiger partial charge on any atom is 0.437 e. The standard InChI is InChI=1S/C30H32F3N5O5/c1-19-5-3-10-38(18-19)29-35-26(30(31,32)33)25(43-29)23(39)15-20-8-9-24(34-17-20)36-11-4-12-37(14-13-36)27(40)21-6-2-7-22(16-21)28(41)42/h2,6-9,16-17,19H,3-5,10-15,18H2,1H3,(H,41,42). The predicted molar refractivity (Wildman–Crippen MR) is 151 cm³/mol. The topological polar surface area (TPSA) is 120 Å². The quantitative estimate of drug-likeness (QED) is 0.382. The van der Waals surface area contributed by atoms with Crippen LogP contribution in [0.1, 0.15) is 68.7 Å². The molecule has 10 nitrogen and oxygen atoms in total. The number of halogens is 3. The van der Waals surface area contributed by atoms with E-state index in [-0.39, 0.29) is 29.8 Å². The summed E-state index contributed by atoms with van der Waals surface area (Å²) >= 11 is 0. The first-order valence-electron chi connectivity index (χ1n) is 14.2. The van der Waals surface area contributed by atoms with Crippen molar-refractivity contribution in [2.24, 2.45) is 5.92 Å². The van der Waals surface area contributed by atoms with Gasteiger partial charge in [-0.2, -0.15) is 18.2 Å². The first kappa shape index (κ1) is 30.1. The fraction of sp³-hybridized carbons (Fsp3) is 0.433. The highest BCUT2D eigenvalue weighted by Gasteiger charge is 2.42. The molecule has 2 aromatic heterocycles. The van der Waals surface area contributed by atoms with Crippen molar-refractivity contribution >= 4 is 29.5 Å². The lowest BCUT2D eigenvalue weighted by Crippen LogP contribution is -2.35. The van der Waals surface area contributed by atoms with Crippen molar-refractivity contribution in [3.05, 3.63) is 70.7 Å². The van der Waals surface area contributed by atoms with Crippen LogP contribution in [0.4, 0.5) is 25.0 Å². The lowest BCUT2D eigenvalue weighted by molar-refractivity contribution is -0.141. The number of benzene rings is 1. The Balaban J connectivity index is 1.23. The van der Waals surface area contributed by atoms with Crippen molar-refractivity contribution in [3.8, 4) is 0 Å². The summed E-state index contributed by atoms with van der Waals surface area (Å²) in [6.07, 6.45) is -1.30. The zero-order valence-electron chi connectivity index (χ0n) is 23.6. The lowest BCUT2D eigenvalue weighted by Gasteiger charge is -2.29. The van der Waals surface area contributed by atoms with Crippen LogP contribution >= 0.6 is 0 Å². The maximum atomic E-state index is 13.8. The number of pyridine rings is 1. The van der Waals surface area contributed by atoms with Crippen molar-refractivity contribution in [2.45, 2.75) is 38.8 Å². The fourth-order valence-electron chi connectivity index (χ4n) is 5.48. The number of alkyl halides is 3. The fourth-order valence-corrected chi connectivity index (χ4v) is 5.48. The van der Waals surface area contributed by atoms with Gasteiger partial charge in [-0.1, -0.05) is 19.1 Å². The van der Waals surface area contributed by atoms with Crippen LogP contribution in [0.5, 0.6) is 0 Å². The van der Waals surface area contributed by atoms with Gasteiger partial charge >= 0.3 is 12.1 Å². The number of aromatic nitrogens is 2. The Morgan fingerprint density at radius 1 is 1.00 bits per heavy atom. The molecular weight excluding hydrogens is 567 g/mol. The van der Waals surface area contributed by atoms with Gasteiger partial charge in [0.05, 0.1) is 5.56 Å². The molecule has 2 aliphatic heterocycles. The molecule has 1 atom stereocenters. The maximum absolute atomic E-state index is 13.8. The molecule has 0 radical (unpaired) electrons. The van der Waals surface area contributed by atoms with E-state index in [4.69, 9.17) is 4.42 Å². The molecule has 5 rings (SSSR count). The summed E-state index contributed by atoms with van der Waals surface area (Å²) in [6, 6.07) is 9.08. The smallest absolute Gasteiger partial charge is 0.437 e. The number of amides is 1. The molecule has 0 bridgehead atoms. The number of hydrogen-bond donors (Lipinski definition) is 1. The number of rotatable bonds is 7. The number of carbonyl (C=O) groups is 3. The molecule has 0 saturated carbocycles. The summed E-state index contributed by atoms with van der Waals surface area (Å²) in [5.41, 5.74) is -0.538. The summed E-state index contributed by atoms with van der Waals surface area (Å²) in [6.45, 7) is 4.99. The number of anilines is 2. The van der Waals surface area contributed by atoms with Gasteiger partial charge in [-0.15, -0.1) is 0 Å². The van der Waals surface area contributed by atoms with Crippen LogP contribution in [0.15, 0.2) is 47.0 Å². The second kappa shape index (κ2) is 12.4. The first-order valence-corrected chi connectivity index (χ1v) is 14.2. The SMILES string of the molecule is CC1CCCN(c2nc(C(F)(F)F)c(C(=O)Cc3ccc(N4CCCN(C(=O)c5cccc(C(=O)O)c5)CC4)nc3)o2)C1. The molecule has 1 N–H and O–H groups in total. The summed E-state index contributed by atoms with van der Waals surface area (Å²) in [5.74, 6) is -2.10. The molecule has 2 aliphatic rings. The van der Waals surface area contributed by atoms with Crippen LogP contribution in [-0.4, -0.2) is 76.9 Å². The largest absolute Gasteiger partial charge is 0.478 e. The van der Waals surface area contributed by atoms with E-state index in [1.807, 2.05) is 11.8 Å². The minimum Gasteiger partial charge on any atom is -0.478 e. The van der Waals surface area contributed by atoms with Crippen molar-refractivity contribution in [1.29, 1.82) is 0 Å². The van der Waals surface area contributed by atoms with E-state index >= 15 is 0 Å². The molecule has 43 heavy (non-hydrogen) atoms. The first-order chi connectivity index (χ1) is 20.5. The van der Waals surface area contributed by atoms with Crippen LogP contribution in [0.2, 0.25) is 0 Å². The Morgan fingerprint density at radius 2 is 1.77 bits per heavy atom. The second-order valence-electron chi connectivity index (χ2n) is 11.0. The number of carboxylic acid groups (broad SMARTS) is 1. The molecule has 13 heteroatoms. The molecule has 4 heterocycles. The number of oxazole rings is 1. The molecule has 1 amide bonds. The van der Waals surface area contributed by atoms with Crippen molar-refractivity contribution < 1.29 is 37.1 Å². The predicted octanol–water partition coefficient (Wildman–Crippen LogP) is 4.80.